The molecule has 5 nitrogen and oxygen atoms in total. The van der Waals surface area contributed by atoms with Gasteiger partial charge in [-0.15, -0.1) is 6.58 Å². The van der Waals surface area contributed by atoms with Crippen LogP contribution in [-0.2, 0) is 14.6 Å². The Morgan fingerprint density at radius 3 is 2.55 bits per heavy atom. The third-order valence-corrected chi connectivity index (χ3v) is 5.19. The van der Waals surface area contributed by atoms with Crippen molar-refractivity contribution in [2.24, 2.45) is 0 Å². The molecule has 1 saturated heterocycles. The van der Waals surface area contributed by atoms with Crippen LogP contribution in [0, 0.1) is 0 Å². The monoisotopic (exact) mass is 342 g/mol. The lowest BCUT2D eigenvalue weighted by Crippen LogP contribution is -2.50. The second-order valence-corrected chi connectivity index (χ2v) is 7.74. The molecule has 0 aliphatic carbocycles. The number of sulfone groups is 1. The highest BCUT2D eigenvalue weighted by molar-refractivity contribution is 7.92. The van der Waals surface area contributed by atoms with Crippen molar-refractivity contribution >= 4 is 33.0 Å². The maximum Gasteiger partial charge on any atom is 0.237 e. The smallest absolute Gasteiger partial charge is 0.237 e. The van der Waals surface area contributed by atoms with E-state index in [0.29, 0.717) is 31.2 Å². The van der Waals surface area contributed by atoms with Gasteiger partial charge in [0.25, 0.3) is 0 Å². The zero-order chi connectivity index (χ0) is 16.2. The number of amides is 1. The van der Waals surface area contributed by atoms with E-state index in [0.717, 1.165) is 5.69 Å². The Kier molecular flexibility index (Phi) is 5.47. The van der Waals surface area contributed by atoms with Crippen LogP contribution in [0.4, 0.5) is 5.69 Å². The van der Waals surface area contributed by atoms with E-state index in [2.05, 4.69) is 11.5 Å². The summed E-state index contributed by atoms with van der Waals surface area (Å²) in [5.74, 6) is -0.954. The van der Waals surface area contributed by atoms with E-state index < -0.39 is 15.6 Å². The van der Waals surface area contributed by atoms with E-state index in [-0.39, 0.29) is 11.7 Å². The van der Waals surface area contributed by atoms with E-state index in [1.165, 1.54) is 6.08 Å². The van der Waals surface area contributed by atoms with E-state index in [1.54, 1.807) is 4.90 Å². The molecule has 0 aromatic heterocycles. The molecule has 120 valence electrons. The van der Waals surface area contributed by atoms with Crippen molar-refractivity contribution in [1.29, 1.82) is 0 Å². The molecule has 1 aliphatic heterocycles. The standard InChI is InChI=1S/C15H19ClN2O3S/c1-2-10-22(20,21)12-15(19)18-8-6-17(7-9-18)14-5-3-4-13(16)11-14/h2-5,11H,1,6-10,12H2. The predicted octanol–water partition coefficient (Wildman–Crippen LogP) is 1.59. The Balaban J connectivity index is 1.92. The van der Waals surface area contributed by atoms with Crippen molar-refractivity contribution in [1.82, 2.24) is 4.90 Å². The van der Waals surface area contributed by atoms with Crippen LogP contribution in [0.25, 0.3) is 0 Å². The fourth-order valence-electron chi connectivity index (χ4n) is 2.40. The van der Waals surface area contributed by atoms with Crippen molar-refractivity contribution in [3.05, 3.63) is 41.9 Å². The van der Waals surface area contributed by atoms with E-state index in [9.17, 15) is 13.2 Å². The molecule has 1 aromatic rings. The van der Waals surface area contributed by atoms with Gasteiger partial charge in [-0.1, -0.05) is 23.7 Å². The van der Waals surface area contributed by atoms with Crippen molar-refractivity contribution in [2.45, 2.75) is 0 Å². The number of rotatable bonds is 5. The highest BCUT2D eigenvalue weighted by Crippen LogP contribution is 2.20. The number of benzene rings is 1. The first kappa shape index (κ1) is 16.8. The van der Waals surface area contributed by atoms with Crippen molar-refractivity contribution in [3.8, 4) is 0 Å². The van der Waals surface area contributed by atoms with Gasteiger partial charge in [0.05, 0.1) is 5.75 Å². The van der Waals surface area contributed by atoms with Crippen LogP contribution in [0.5, 0.6) is 0 Å². The molecule has 0 unspecified atom stereocenters. The molecule has 7 heteroatoms. The van der Waals surface area contributed by atoms with Gasteiger partial charge >= 0.3 is 0 Å². The van der Waals surface area contributed by atoms with Crippen molar-refractivity contribution < 1.29 is 13.2 Å². The van der Waals surface area contributed by atoms with Gasteiger partial charge in [-0.3, -0.25) is 4.79 Å². The van der Waals surface area contributed by atoms with Gasteiger partial charge in [0.2, 0.25) is 5.91 Å². The summed E-state index contributed by atoms with van der Waals surface area (Å²) in [5, 5.41) is 0.673. The highest BCUT2D eigenvalue weighted by Gasteiger charge is 2.24. The zero-order valence-corrected chi connectivity index (χ0v) is 13.8. The van der Waals surface area contributed by atoms with E-state index >= 15 is 0 Å². The first-order valence-electron chi connectivity index (χ1n) is 7.01. The number of halogens is 1. The Bertz CT molecular complexity index is 653. The molecule has 1 amide bonds. The SMILES string of the molecule is C=CCS(=O)(=O)CC(=O)N1CCN(c2cccc(Cl)c2)CC1. The molecule has 1 aromatic carbocycles. The minimum Gasteiger partial charge on any atom is -0.368 e. The number of carbonyl (C=O) groups is 1. The number of carbonyl (C=O) groups excluding carboxylic acids is 1. The number of piperazine rings is 1. The largest absolute Gasteiger partial charge is 0.368 e. The van der Waals surface area contributed by atoms with Gasteiger partial charge in [-0.05, 0) is 18.2 Å². The quantitative estimate of drug-likeness (QED) is 0.762. The minimum absolute atomic E-state index is 0.165. The Labute approximate surface area is 136 Å². The molecule has 0 bridgehead atoms. The summed E-state index contributed by atoms with van der Waals surface area (Å²) in [6.07, 6.45) is 1.31. The maximum atomic E-state index is 12.1. The zero-order valence-electron chi connectivity index (χ0n) is 12.2. The number of nitrogens with zero attached hydrogens (tertiary/aromatic N) is 2. The van der Waals surface area contributed by atoms with Gasteiger partial charge in [-0.25, -0.2) is 8.42 Å². The first-order chi connectivity index (χ1) is 10.4. The fraction of sp³-hybridized carbons (Fsp3) is 0.400. The topological polar surface area (TPSA) is 57.7 Å². The summed E-state index contributed by atoms with van der Waals surface area (Å²) >= 11 is 5.98. The summed E-state index contributed by atoms with van der Waals surface area (Å²) in [7, 11) is -3.39. The summed E-state index contributed by atoms with van der Waals surface area (Å²) in [6.45, 7) is 5.73. The van der Waals surface area contributed by atoms with Crippen LogP contribution >= 0.6 is 11.6 Å². The van der Waals surface area contributed by atoms with Gasteiger partial charge < -0.3 is 9.80 Å². The van der Waals surface area contributed by atoms with Gasteiger partial charge in [0, 0.05) is 36.9 Å². The Morgan fingerprint density at radius 2 is 1.95 bits per heavy atom. The van der Waals surface area contributed by atoms with Crippen LogP contribution in [-0.4, -0.2) is 56.9 Å². The Morgan fingerprint density at radius 1 is 1.27 bits per heavy atom. The molecule has 1 aliphatic rings. The molecule has 0 spiro atoms. The second-order valence-electron chi connectivity index (χ2n) is 5.19. The van der Waals surface area contributed by atoms with Crippen molar-refractivity contribution in [3.63, 3.8) is 0 Å². The van der Waals surface area contributed by atoms with Gasteiger partial charge in [-0.2, -0.15) is 0 Å². The summed E-state index contributed by atoms with van der Waals surface area (Å²) < 4.78 is 23.3. The fourth-order valence-corrected chi connectivity index (χ4v) is 3.63. The van der Waals surface area contributed by atoms with Crippen LogP contribution in [0.3, 0.4) is 0 Å². The molecule has 22 heavy (non-hydrogen) atoms. The predicted molar refractivity (Wildman–Crippen MR) is 89.1 cm³/mol. The van der Waals surface area contributed by atoms with Crippen LogP contribution in [0.15, 0.2) is 36.9 Å². The molecule has 0 atom stereocenters. The lowest BCUT2D eigenvalue weighted by molar-refractivity contribution is -0.128. The first-order valence-corrected chi connectivity index (χ1v) is 9.21. The van der Waals surface area contributed by atoms with Gasteiger partial charge in [0.15, 0.2) is 9.84 Å². The van der Waals surface area contributed by atoms with Gasteiger partial charge in [0.1, 0.15) is 5.75 Å². The third kappa shape index (κ3) is 4.48. The molecule has 0 saturated carbocycles. The normalized spacial score (nSPS) is 15.7. The molecular formula is C15H19ClN2O3S. The molecule has 1 fully saturated rings. The molecule has 0 radical (unpaired) electrons. The van der Waals surface area contributed by atoms with Crippen LogP contribution in [0.2, 0.25) is 5.02 Å². The number of hydrogen-bond acceptors (Lipinski definition) is 4. The Hall–Kier alpha value is -1.53. The lowest BCUT2D eigenvalue weighted by atomic mass is 10.2. The van der Waals surface area contributed by atoms with Crippen LogP contribution in [0.1, 0.15) is 0 Å². The summed E-state index contributed by atoms with van der Waals surface area (Å²) in [5.41, 5.74) is 1.01. The second kappa shape index (κ2) is 7.15. The minimum atomic E-state index is -3.39. The molecule has 0 N–H and O–H groups in total. The van der Waals surface area contributed by atoms with E-state index in [4.69, 9.17) is 11.6 Å². The maximum absolute atomic E-state index is 12.1. The molecule has 1 heterocycles. The number of anilines is 1. The average Bonchev–Trinajstić information content (AvgIpc) is 2.47. The highest BCUT2D eigenvalue weighted by atomic mass is 35.5. The van der Waals surface area contributed by atoms with Crippen LogP contribution < -0.4 is 4.90 Å². The number of hydrogen-bond donors (Lipinski definition) is 0. The van der Waals surface area contributed by atoms with E-state index in [1.807, 2.05) is 24.3 Å². The summed E-state index contributed by atoms with van der Waals surface area (Å²) in [6, 6.07) is 7.55. The average molecular weight is 343 g/mol. The molecular weight excluding hydrogens is 324 g/mol. The third-order valence-electron chi connectivity index (χ3n) is 3.52. The molecule has 2 rings (SSSR count). The summed E-state index contributed by atoms with van der Waals surface area (Å²) in [4.78, 5) is 15.8. The van der Waals surface area contributed by atoms with Crippen molar-refractivity contribution in [2.75, 3.05) is 42.6 Å². The lowest BCUT2D eigenvalue weighted by Gasteiger charge is -2.36.